The summed E-state index contributed by atoms with van der Waals surface area (Å²) in [6, 6.07) is 6.92. The lowest BCUT2D eigenvalue weighted by Crippen LogP contribution is -2.46. The van der Waals surface area contributed by atoms with E-state index >= 15 is 0 Å². The standard InChI is InChI=1S/C19H25N5O4/c1-22-17(20)16(23-10-6-3-7-11-23)18(26)24(19(22)27)12-15(25)21-13-8-4-5-9-14(13)28-2/h4-5,8-9H,3,6-7,10-12,20H2,1-2H3,(H,21,25). The van der Waals surface area contributed by atoms with Crippen molar-refractivity contribution in [2.24, 2.45) is 7.05 Å². The molecule has 1 aromatic heterocycles. The van der Waals surface area contributed by atoms with Crippen LogP contribution in [0.3, 0.4) is 0 Å². The van der Waals surface area contributed by atoms with E-state index in [4.69, 9.17) is 10.5 Å². The average molecular weight is 387 g/mol. The molecule has 2 heterocycles. The van der Waals surface area contributed by atoms with Crippen molar-refractivity contribution in [3.63, 3.8) is 0 Å². The van der Waals surface area contributed by atoms with Gasteiger partial charge in [0, 0.05) is 20.1 Å². The predicted molar refractivity (Wildman–Crippen MR) is 108 cm³/mol. The number of carbonyl (C=O) groups is 1. The van der Waals surface area contributed by atoms with E-state index in [1.807, 2.05) is 4.90 Å². The molecule has 0 atom stereocenters. The number of carbonyl (C=O) groups excluding carboxylic acids is 1. The monoisotopic (exact) mass is 387 g/mol. The summed E-state index contributed by atoms with van der Waals surface area (Å²) in [5.74, 6) is 0.110. The predicted octanol–water partition coefficient (Wildman–Crippen LogP) is 0.767. The van der Waals surface area contributed by atoms with Gasteiger partial charge in [0.1, 0.15) is 23.8 Å². The number of nitrogens with one attached hydrogen (secondary N) is 1. The lowest BCUT2D eigenvalue weighted by atomic mass is 10.1. The van der Waals surface area contributed by atoms with Crippen LogP contribution in [-0.4, -0.2) is 35.2 Å². The van der Waals surface area contributed by atoms with Crippen molar-refractivity contribution < 1.29 is 9.53 Å². The minimum Gasteiger partial charge on any atom is -0.495 e. The third-order valence-corrected chi connectivity index (χ3v) is 4.92. The molecule has 150 valence electrons. The number of hydrogen-bond donors (Lipinski definition) is 2. The molecule has 3 rings (SSSR count). The Kier molecular flexibility index (Phi) is 5.72. The molecule has 1 aliphatic rings. The Labute approximate surface area is 162 Å². The average Bonchev–Trinajstić information content (AvgIpc) is 2.71. The summed E-state index contributed by atoms with van der Waals surface area (Å²) >= 11 is 0. The molecule has 0 bridgehead atoms. The van der Waals surface area contributed by atoms with Gasteiger partial charge in [-0.25, -0.2) is 9.36 Å². The summed E-state index contributed by atoms with van der Waals surface area (Å²) < 4.78 is 7.34. The van der Waals surface area contributed by atoms with Crippen LogP contribution in [0.15, 0.2) is 33.9 Å². The minimum atomic E-state index is -0.626. The number of benzene rings is 1. The Morgan fingerprint density at radius 2 is 1.86 bits per heavy atom. The molecule has 0 spiro atoms. The summed E-state index contributed by atoms with van der Waals surface area (Å²) in [5, 5.41) is 2.68. The molecule has 28 heavy (non-hydrogen) atoms. The van der Waals surface area contributed by atoms with Crippen molar-refractivity contribution in [3.8, 4) is 5.75 Å². The van der Waals surface area contributed by atoms with Crippen LogP contribution in [0.2, 0.25) is 0 Å². The SMILES string of the molecule is COc1ccccc1NC(=O)Cn1c(=O)c(N2CCCCC2)c(N)n(C)c1=O. The van der Waals surface area contributed by atoms with E-state index in [1.54, 1.807) is 24.3 Å². The third-order valence-electron chi connectivity index (χ3n) is 4.92. The molecule has 1 aromatic carbocycles. The highest BCUT2D eigenvalue weighted by Gasteiger charge is 2.23. The number of hydrogen-bond acceptors (Lipinski definition) is 6. The number of para-hydroxylation sites is 2. The van der Waals surface area contributed by atoms with Crippen LogP contribution in [-0.2, 0) is 18.4 Å². The maximum atomic E-state index is 13.0. The summed E-state index contributed by atoms with van der Waals surface area (Å²) in [6.45, 7) is 0.987. The number of rotatable bonds is 5. The Balaban J connectivity index is 1.93. The van der Waals surface area contributed by atoms with Crippen LogP contribution >= 0.6 is 0 Å². The summed E-state index contributed by atoms with van der Waals surface area (Å²) in [6.07, 6.45) is 3.00. The maximum Gasteiger partial charge on any atom is 0.332 e. The summed E-state index contributed by atoms with van der Waals surface area (Å²) in [5.41, 5.74) is 5.65. The number of nitrogens with zero attached hydrogens (tertiary/aromatic N) is 3. The second-order valence-corrected chi connectivity index (χ2v) is 6.76. The molecular weight excluding hydrogens is 362 g/mol. The smallest absolute Gasteiger partial charge is 0.332 e. The number of nitrogens with two attached hydrogens (primary N) is 1. The fraction of sp³-hybridized carbons (Fsp3) is 0.421. The zero-order valence-electron chi connectivity index (χ0n) is 16.1. The number of aromatic nitrogens is 2. The fourth-order valence-electron chi connectivity index (χ4n) is 3.40. The maximum absolute atomic E-state index is 13.0. The Morgan fingerprint density at radius 3 is 2.54 bits per heavy atom. The van der Waals surface area contributed by atoms with Crippen molar-refractivity contribution in [2.75, 3.05) is 36.1 Å². The van der Waals surface area contributed by atoms with Crippen molar-refractivity contribution in [2.45, 2.75) is 25.8 Å². The zero-order chi connectivity index (χ0) is 20.3. The highest BCUT2D eigenvalue weighted by Crippen LogP contribution is 2.23. The van der Waals surface area contributed by atoms with Crippen LogP contribution in [0.1, 0.15) is 19.3 Å². The Bertz CT molecular complexity index is 989. The van der Waals surface area contributed by atoms with Gasteiger partial charge in [-0.05, 0) is 31.4 Å². The largest absolute Gasteiger partial charge is 0.495 e. The van der Waals surface area contributed by atoms with Gasteiger partial charge in [0.05, 0.1) is 12.8 Å². The normalized spacial score (nSPS) is 14.0. The van der Waals surface area contributed by atoms with E-state index in [2.05, 4.69) is 5.32 Å². The number of ether oxygens (including phenoxy) is 1. The molecule has 1 fully saturated rings. The van der Waals surface area contributed by atoms with E-state index in [9.17, 15) is 14.4 Å². The Morgan fingerprint density at radius 1 is 1.18 bits per heavy atom. The van der Waals surface area contributed by atoms with Crippen molar-refractivity contribution in [3.05, 3.63) is 45.1 Å². The lowest BCUT2D eigenvalue weighted by molar-refractivity contribution is -0.116. The van der Waals surface area contributed by atoms with Crippen LogP contribution in [0.25, 0.3) is 0 Å². The van der Waals surface area contributed by atoms with Crippen molar-refractivity contribution in [1.29, 1.82) is 0 Å². The first kappa shape index (κ1) is 19.5. The van der Waals surface area contributed by atoms with Gasteiger partial charge in [-0.1, -0.05) is 12.1 Å². The molecule has 3 N–H and O–H groups in total. The van der Waals surface area contributed by atoms with Crippen LogP contribution < -0.4 is 31.9 Å². The molecule has 0 saturated carbocycles. The highest BCUT2D eigenvalue weighted by atomic mass is 16.5. The van der Waals surface area contributed by atoms with Gasteiger partial charge in [0.15, 0.2) is 0 Å². The topological polar surface area (TPSA) is 112 Å². The Hall–Kier alpha value is -3.23. The number of nitrogen functional groups attached to an aromatic ring is 1. The van der Waals surface area contributed by atoms with E-state index in [0.717, 1.165) is 23.8 Å². The van der Waals surface area contributed by atoms with Crippen molar-refractivity contribution >= 4 is 23.1 Å². The molecule has 0 radical (unpaired) electrons. The highest BCUT2D eigenvalue weighted by molar-refractivity contribution is 5.92. The molecule has 9 nitrogen and oxygen atoms in total. The molecule has 1 saturated heterocycles. The van der Waals surface area contributed by atoms with Crippen LogP contribution in [0, 0.1) is 0 Å². The van der Waals surface area contributed by atoms with Gasteiger partial charge in [0.2, 0.25) is 5.91 Å². The third kappa shape index (κ3) is 3.73. The molecule has 1 amide bonds. The first-order chi connectivity index (χ1) is 13.4. The van der Waals surface area contributed by atoms with Crippen LogP contribution in [0.5, 0.6) is 5.75 Å². The van der Waals surface area contributed by atoms with E-state index in [0.29, 0.717) is 24.5 Å². The van der Waals surface area contributed by atoms with E-state index in [-0.39, 0.29) is 11.5 Å². The van der Waals surface area contributed by atoms with Gasteiger partial charge >= 0.3 is 5.69 Å². The molecule has 1 aliphatic heterocycles. The zero-order valence-corrected chi connectivity index (χ0v) is 16.1. The summed E-state index contributed by atoms with van der Waals surface area (Å²) in [4.78, 5) is 40.0. The quantitative estimate of drug-likeness (QED) is 0.784. The van der Waals surface area contributed by atoms with Gasteiger partial charge in [-0.15, -0.1) is 0 Å². The number of piperidine rings is 1. The molecule has 9 heteroatoms. The first-order valence-electron chi connectivity index (χ1n) is 9.21. The van der Waals surface area contributed by atoms with Gasteiger partial charge in [-0.3, -0.25) is 14.2 Å². The van der Waals surface area contributed by atoms with Crippen LogP contribution in [0.4, 0.5) is 17.2 Å². The van der Waals surface area contributed by atoms with E-state index < -0.39 is 23.7 Å². The lowest BCUT2D eigenvalue weighted by Gasteiger charge is -2.29. The molecular formula is C19H25N5O4. The second kappa shape index (κ2) is 8.20. The molecule has 0 unspecified atom stereocenters. The summed E-state index contributed by atoms with van der Waals surface area (Å²) in [7, 11) is 3.00. The minimum absolute atomic E-state index is 0.123. The van der Waals surface area contributed by atoms with Gasteiger partial charge in [-0.2, -0.15) is 0 Å². The first-order valence-corrected chi connectivity index (χ1v) is 9.21. The van der Waals surface area contributed by atoms with Crippen molar-refractivity contribution in [1.82, 2.24) is 9.13 Å². The number of methoxy groups -OCH3 is 1. The fourth-order valence-corrected chi connectivity index (χ4v) is 3.40. The van der Waals surface area contributed by atoms with Gasteiger partial charge < -0.3 is 20.7 Å². The van der Waals surface area contributed by atoms with Gasteiger partial charge in [0.25, 0.3) is 5.56 Å². The number of amides is 1. The van der Waals surface area contributed by atoms with E-state index in [1.165, 1.54) is 18.7 Å². The molecule has 0 aliphatic carbocycles. The number of anilines is 3. The molecule has 2 aromatic rings. The second-order valence-electron chi connectivity index (χ2n) is 6.76.